The summed E-state index contributed by atoms with van der Waals surface area (Å²) in [6.45, 7) is 17.2. The van der Waals surface area contributed by atoms with E-state index in [1.807, 2.05) is 47.6 Å². The third-order valence-corrected chi connectivity index (χ3v) is 4.08. The molecule has 0 saturated heterocycles. The van der Waals surface area contributed by atoms with Crippen molar-refractivity contribution in [1.82, 2.24) is 9.97 Å². The molecule has 2 rings (SSSR count). The van der Waals surface area contributed by atoms with Gasteiger partial charge in [0.1, 0.15) is 22.8 Å². The van der Waals surface area contributed by atoms with Gasteiger partial charge in [-0.25, -0.2) is 19.6 Å². The number of carbonyl (C=O) groups is 2. The van der Waals surface area contributed by atoms with Gasteiger partial charge in [-0.3, -0.25) is 10.6 Å². The van der Waals surface area contributed by atoms with Crippen LogP contribution in [0.3, 0.4) is 0 Å². The maximum Gasteiger partial charge on any atom is 0.413 e. The molecule has 2 N–H and O–H groups in total. The number of nitrogens with one attached hydrogen (secondary N) is 2. The molecule has 2 aromatic rings. The van der Waals surface area contributed by atoms with E-state index in [4.69, 9.17) is 9.47 Å². The lowest BCUT2D eigenvalue weighted by atomic mass is 9.88. The molecule has 0 unspecified atom stereocenters. The Balaban J connectivity index is 0.000000335. The van der Waals surface area contributed by atoms with E-state index in [0.717, 1.165) is 10.0 Å². The summed E-state index contributed by atoms with van der Waals surface area (Å²) in [7, 11) is 0. The lowest BCUT2D eigenvalue weighted by molar-refractivity contribution is 0.0624. The van der Waals surface area contributed by atoms with Crippen LogP contribution in [0.2, 0.25) is 0 Å². The molecule has 0 saturated carbocycles. The third-order valence-electron chi connectivity index (χ3n) is 3.61. The van der Waals surface area contributed by atoms with Gasteiger partial charge in [-0.1, -0.05) is 26.8 Å². The molecule has 2 amide bonds. The van der Waals surface area contributed by atoms with E-state index in [1.54, 1.807) is 30.6 Å². The number of amides is 2. The van der Waals surface area contributed by atoms with Gasteiger partial charge >= 0.3 is 12.2 Å². The number of halogens is 1. The van der Waals surface area contributed by atoms with E-state index in [-0.39, 0.29) is 5.41 Å². The first kappa shape index (κ1) is 28.4. The summed E-state index contributed by atoms with van der Waals surface area (Å²) in [5, 5.41) is 5.14. The molecule has 0 fully saturated rings. The Kier molecular flexibility index (Phi) is 9.84. The van der Waals surface area contributed by atoms with E-state index in [9.17, 15) is 9.59 Å². The maximum atomic E-state index is 11.5. The number of ether oxygens (including phenoxy) is 2. The Bertz CT molecular complexity index is 910. The van der Waals surface area contributed by atoms with Crippen molar-refractivity contribution < 1.29 is 19.1 Å². The molecule has 0 aliphatic heterocycles. The van der Waals surface area contributed by atoms with Crippen LogP contribution in [0.25, 0.3) is 0 Å². The summed E-state index contributed by atoms with van der Waals surface area (Å²) in [6.07, 6.45) is 2.38. The second kappa shape index (κ2) is 11.4. The Labute approximate surface area is 205 Å². The second-order valence-electron chi connectivity index (χ2n) is 10.3. The monoisotopic (exact) mass is 522 g/mol. The highest BCUT2D eigenvalue weighted by atomic mass is 79.9. The highest BCUT2D eigenvalue weighted by Crippen LogP contribution is 2.22. The van der Waals surface area contributed by atoms with Crippen LogP contribution in [-0.4, -0.2) is 33.4 Å². The minimum atomic E-state index is -0.505. The van der Waals surface area contributed by atoms with Crippen LogP contribution in [0.1, 0.15) is 67.9 Å². The summed E-state index contributed by atoms with van der Waals surface area (Å²) < 4.78 is 11.1. The summed E-state index contributed by atoms with van der Waals surface area (Å²) in [5.41, 5.74) is 0.170. The van der Waals surface area contributed by atoms with Crippen molar-refractivity contribution in [3.05, 3.63) is 46.7 Å². The average molecular weight is 523 g/mol. The number of carbonyl (C=O) groups excluding carboxylic acids is 2. The van der Waals surface area contributed by atoms with Gasteiger partial charge in [0, 0.05) is 16.9 Å². The van der Waals surface area contributed by atoms with E-state index in [1.165, 1.54) is 0 Å². The smallest absolute Gasteiger partial charge is 0.413 e. The van der Waals surface area contributed by atoms with Crippen LogP contribution in [0, 0.1) is 0 Å². The standard InChI is InChI=1S/C14H22N2O2.C10H13BrN2O2/c1-13(2,3)10-7-8-11(15-9-10)16-12(17)18-14(4,5)6;1-10(2,3)15-9(14)13-8-5-4-7(11)6-12-8/h7-9H,1-6H3,(H,15,16,17);4-6H,1-3H3,(H,12,13,14). The highest BCUT2D eigenvalue weighted by Gasteiger charge is 2.18. The number of anilines is 2. The zero-order valence-corrected chi connectivity index (χ0v) is 22.5. The highest BCUT2D eigenvalue weighted by molar-refractivity contribution is 9.10. The minimum absolute atomic E-state index is 0.0530. The summed E-state index contributed by atoms with van der Waals surface area (Å²) in [6, 6.07) is 7.22. The predicted molar refractivity (Wildman–Crippen MR) is 135 cm³/mol. The predicted octanol–water partition coefficient (Wildman–Crippen LogP) is 6.92. The molecular weight excluding hydrogens is 488 g/mol. The molecule has 182 valence electrons. The van der Waals surface area contributed by atoms with Crippen molar-refractivity contribution in [2.24, 2.45) is 0 Å². The number of hydrogen-bond acceptors (Lipinski definition) is 6. The van der Waals surface area contributed by atoms with E-state index in [0.29, 0.717) is 11.6 Å². The molecule has 0 radical (unpaired) electrons. The Morgan fingerprint density at radius 2 is 1.15 bits per heavy atom. The Hall–Kier alpha value is -2.68. The normalized spacial score (nSPS) is 11.6. The number of nitrogens with zero attached hydrogens (tertiary/aromatic N) is 2. The molecule has 2 heterocycles. The molecule has 0 bridgehead atoms. The molecule has 9 heteroatoms. The first-order chi connectivity index (χ1) is 14.9. The van der Waals surface area contributed by atoms with Crippen LogP contribution in [-0.2, 0) is 14.9 Å². The van der Waals surface area contributed by atoms with Gasteiger partial charge in [0.15, 0.2) is 0 Å². The van der Waals surface area contributed by atoms with E-state index in [2.05, 4.69) is 57.3 Å². The van der Waals surface area contributed by atoms with Crippen molar-refractivity contribution in [2.45, 2.75) is 78.9 Å². The van der Waals surface area contributed by atoms with Gasteiger partial charge in [0.05, 0.1) is 0 Å². The molecule has 0 aliphatic rings. The summed E-state index contributed by atoms with van der Waals surface area (Å²) in [5.74, 6) is 0.963. The minimum Gasteiger partial charge on any atom is -0.444 e. The molecule has 0 aromatic carbocycles. The van der Waals surface area contributed by atoms with Crippen molar-refractivity contribution in [1.29, 1.82) is 0 Å². The molecule has 8 nitrogen and oxygen atoms in total. The zero-order chi connectivity index (χ0) is 25.4. The molecule has 0 aliphatic carbocycles. The van der Waals surface area contributed by atoms with Crippen LogP contribution in [0.15, 0.2) is 41.1 Å². The van der Waals surface area contributed by atoms with Gasteiger partial charge in [-0.2, -0.15) is 0 Å². The van der Waals surface area contributed by atoms with Crippen molar-refractivity contribution in [2.75, 3.05) is 10.6 Å². The van der Waals surface area contributed by atoms with E-state index < -0.39 is 23.4 Å². The molecule has 0 atom stereocenters. The topological polar surface area (TPSA) is 102 Å². The van der Waals surface area contributed by atoms with Gasteiger partial charge < -0.3 is 9.47 Å². The zero-order valence-electron chi connectivity index (χ0n) is 20.9. The number of rotatable bonds is 2. The fraction of sp³-hybridized carbons (Fsp3) is 0.500. The average Bonchev–Trinajstić information content (AvgIpc) is 2.60. The number of hydrogen-bond donors (Lipinski definition) is 2. The van der Waals surface area contributed by atoms with Crippen molar-refractivity contribution >= 4 is 39.8 Å². The number of aromatic nitrogens is 2. The van der Waals surface area contributed by atoms with Crippen molar-refractivity contribution in [3.63, 3.8) is 0 Å². The van der Waals surface area contributed by atoms with Crippen LogP contribution in [0.4, 0.5) is 21.2 Å². The Morgan fingerprint density at radius 1 is 0.727 bits per heavy atom. The largest absolute Gasteiger partial charge is 0.444 e. The maximum absolute atomic E-state index is 11.5. The lowest BCUT2D eigenvalue weighted by Crippen LogP contribution is -2.27. The lowest BCUT2D eigenvalue weighted by Gasteiger charge is -2.20. The fourth-order valence-electron chi connectivity index (χ4n) is 2.18. The van der Waals surface area contributed by atoms with Gasteiger partial charge in [0.25, 0.3) is 0 Å². The van der Waals surface area contributed by atoms with Crippen LogP contribution in [0.5, 0.6) is 0 Å². The molecular formula is C24H35BrN4O4. The number of pyridine rings is 2. The second-order valence-corrected chi connectivity index (χ2v) is 11.2. The van der Waals surface area contributed by atoms with Crippen LogP contribution >= 0.6 is 15.9 Å². The molecule has 0 spiro atoms. The molecule has 33 heavy (non-hydrogen) atoms. The SMILES string of the molecule is CC(C)(C)OC(=O)Nc1ccc(Br)cn1.CC(C)(C)OC(=O)Nc1ccc(C(C)(C)C)cn1. The van der Waals surface area contributed by atoms with Gasteiger partial charge in [-0.05, 0) is 86.6 Å². The summed E-state index contributed by atoms with van der Waals surface area (Å²) >= 11 is 3.25. The molecule has 2 aromatic heterocycles. The van der Waals surface area contributed by atoms with Gasteiger partial charge in [0.2, 0.25) is 0 Å². The van der Waals surface area contributed by atoms with Crippen LogP contribution < -0.4 is 10.6 Å². The fourth-order valence-corrected chi connectivity index (χ4v) is 2.41. The van der Waals surface area contributed by atoms with E-state index >= 15 is 0 Å². The quantitative estimate of drug-likeness (QED) is 0.443. The third kappa shape index (κ3) is 12.8. The van der Waals surface area contributed by atoms with Gasteiger partial charge in [-0.15, -0.1) is 0 Å². The Morgan fingerprint density at radius 3 is 1.45 bits per heavy atom. The first-order valence-corrected chi connectivity index (χ1v) is 11.3. The first-order valence-electron chi connectivity index (χ1n) is 10.5. The summed E-state index contributed by atoms with van der Waals surface area (Å²) in [4.78, 5) is 31.1. The van der Waals surface area contributed by atoms with Crippen molar-refractivity contribution in [3.8, 4) is 0 Å².